The lowest BCUT2D eigenvalue weighted by molar-refractivity contribution is -0.117. The van der Waals surface area contributed by atoms with Gasteiger partial charge in [0.15, 0.2) is 0 Å². The van der Waals surface area contributed by atoms with Crippen LogP contribution in [0, 0.1) is 5.92 Å². The van der Waals surface area contributed by atoms with Crippen molar-refractivity contribution in [2.75, 3.05) is 5.32 Å². The van der Waals surface area contributed by atoms with E-state index in [2.05, 4.69) is 5.32 Å². The Morgan fingerprint density at radius 1 is 1.42 bits per heavy atom. The summed E-state index contributed by atoms with van der Waals surface area (Å²) in [4.78, 5) is 23.0. The highest BCUT2D eigenvalue weighted by Crippen LogP contribution is 2.24. The van der Waals surface area contributed by atoms with Gasteiger partial charge in [-0.2, -0.15) is 0 Å². The van der Waals surface area contributed by atoms with Crippen molar-refractivity contribution >= 4 is 29.2 Å². The zero-order valence-corrected chi connectivity index (χ0v) is 11.6. The Hall–Kier alpha value is -1.59. The van der Waals surface area contributed by atoms with Gasteiger partial charge in [0.1, 0.15) is 5.56 Å². The van der Waals surface area contributed by atoms with Crippen molar-refractivity contribution in [1.82, 2.24) is 0 Å². The van der Waals surface area contributed by atoms with E-state index in [1.54, 1.807) is 6.07 Å². The summed E-state index contributed by atoms with van der Waals surface area (Å²) in [6, 6.07) is 3.82. The molecule has 5 nitrogen and oxygen atoms in total. The van der Waals surface area contributed by atoms with Gasteiger partial charge < -0.3 is 16.2 Å². The monoisotopic (exact) mass is 284 g/mol. The topological polar surface area (TPSA) is 92.4 Å². The van der Waals surface area contributed by atoms with Crippen molar-refractivity contribution in [2.45, 2.75) is 26.3 Å². The van der Waals surface area contributed by atoms with E-state index in [4.69, 9.17) is 22.4 Å². The third-order valence-electron chi connectivity index (χ3n) is 2.55. The molecule has 0 fully saturated rings. The maximum atomic E-state index is 11.9. The maximum absolute atomic E-state index is 11.9. The molecule has 0 radical (unpaired) electrons. The first-order valence-electron chi connectivity index (χ1n) is 5.91. The van der Waals surface area contributed by atoms with Gasteiger partial charge in [-0.1, -0.05) is 31.5 Å². The minimum absolute atomic E-state index is 0.0720. The fourth-order valence-corrected chi connectivity index (χ4v) is 1.94. The van der Waals surface area contributed by atoms with Gasteiger partial charge >= 0.3 is 5.97 Å². The smallest absolute Gasteiger partial charge is 0.339 e. The number of rotatable bonds is 5. The van der Waals surface area contributed by atoms with Crippen LogP contribution < -0.4 is 11.1 Å². The molecule has 0 heterocycles. The van der Waals surface area contributed by atoms with Crippen LogP contribution in [0.4, 0.5) is 5.69 Å². The zero-order valence-electron chi connectivity index (χ0n) is 10.8. The second kappa shape index (κ2) is 6.54. The number of hydrogen-bond acceptors (Lipinski definition) is 3. The van der Waals surface area contributed by atoms with E-state index >= 15 is 0 Å². The molecule has 6 heteroatoms. The van der Waals surface area contributed by atoms with E-state index < -0.39 is 17.9 Å². The Bertz CT molecular complexity index is 489. The number of carboxylic acids is 1. The van der Waals surface area contributed by atoms with Gasteiger partial charge in [-0.3, -0.25) is 4.79 Å². The molecule has 1 atom stereocenters. The lowest BCUT2D eigenvalue weighted by Crippen LogP contribution is -2.37. The number of nitrogens with one attached hydrogen (secondary N) is 1. The molecule has 1 amide bonds. The Morgan fingerprint density at radius 3 is 2.58 bits per heavy atom. The number of hydrogen-bond donors (Lipinski definition) is 3. The van der Waals surface area contributed by atoms with Crippen LogP contribution in [0.3, 0.4) is 0 Å². The minimum Gasteiger partial charge on any atom is -0.478 e. The predicted octanol–water partition coefficient (Wildman–Crippen LogP) is 2.35. The molecule has 0 bridgehead atoms. The van der Waals surface area contributed by atoms with E-state index in [1.165, 1.54) is 12.1 Å². The third-order valence-corrected chi connectivity index (χ3v) is 2.86. The fraction of sp³-hybridized carbons (Fsp3) is 0.385. The molecule has 0 aliphatic carbocycles. The van der Waals surface area contributed by atoms with Crippen LogP contribution in [0.25, 0.3) is 0 Å². The molecule has 4 N–H and O–H groups in total. The molecule has 104 valence electrons. The van der Waals surface area contributed by atoms with E-state index in [-0.39, 0.29) is 22.2 Å². The largest absolute Gasteiger partial charge is 0.478 e. The zero-order chi connectivity index (χ0) is 14.6. The molecular formula is C13H17ClN2O3. The van der Waals surface area contributed by atoms with E-state index in [0.717, 1.165) is 0 Å². The van der Waals surface area contributed by atoms with Gasteiger partial charge in [0.25, 0.3) is 0 Å². The Kier molecular flexibility index (Phi) is 5.32. The number of nitrogens with two attached hydrogens (primary N) is 1. The van der Waals surface area contributed by atoms with Gasteiger partial charge in [0.05, 0.1) is 16.8 Å². The summed E-state index contributed by atoms with van der Waals surface area (Å²) in [5.74, 6) is -1.34. The molecule has 0 saturated carbocycles. The van der Waals surface area contributed by atoms with Gasteiger partial charge in [0.2, 0.25) is 5.91 Å². The van der Waals surface area contributed by atoms with Crippen LogP contribution in [-0.4, -0.2) is 23.0 Å². The van der Waals surface area contributed by atoms with Crippen molar-refractivity contribution < 1.29 is 14.7 Å². The number of aromatic carboxylic acids is 1. The number of carboxylic acid groups (broad SMARTS) is 1. The molecule has 1 aromatic rings. The molecule has 19 heavy (non-hydrogen) atoms. The number of carbonyl (C=O) groups excluding carboxylic acids is 1. The molecule has 0 unspecified atom stereocenters. The standard InChI is InChI=1S/C13H17ClN2O3/c1-7(2)6-9(15)12(17)16-10-5-3-4-8(14)11(10)13(18)19/h3-5,7,9H,6,15H2,1-2H3,(H,16,17)(H,18,19)/t9-/m1/s1. The first kappa shape index (κ1) is 15.5. The quantitative estimate of drug-likeness (QED) is 0.774. The first-order chi connectivity index (χ1) is 8.82. The van der Waals surface area contributed by atoms with Crippen molar-refractivity contribution in [1.29, 1.82) is 0 Å². The van der Waals surface area contributed by atoms with E-state index in [9.17, 15) is 9.59 Å². The van der Waals surface area contributed by atoms with Gasteiger partial charge in [0, 0.05) is 0 Å². The molecule has 0 aliphatic rings. The predicted molar refractivity (Wildman–Crippen MR) is 74.5 cm³/mol. The second-order valence-corrected chi connectivity index (χ2v) is 5.10. The summed E-state index contributed by atoms with van der Waals surface area (Å²) in [6.07, 6.45) is 0.523. The summed E-state index contributed by atoms with van der Waals surface area (Å²) in [7, 11) is 0. The Morgan fingerprint density at radius 2 is 2.05 bits per heavy atom. The average Bonchev–Trinajstić information content (AvgIpc) is 2.27. The normalized spacial score (nSPS) is 12.3. The Labute approximate surface area is 116 Å². The summed E-state index contributed by atoms with van der Waals surface area (Å²) in [5, 5.41) is 11.7. The van der Waals surface area contributed by atoms with Crippen LogP contribution in [0.2, 0.25) is 5.02 Å². The second-order valence-electron chi connectivity index (χ2n) is 4.69. The lowest BCUT2D eigenvalue weighted by atomic mass is 10.0. The van der Waals surface area contributed by atoms with Gasteiger partial charge in [-0.15, -0.1) is 0 Å². The SMILES string of the molecule is CC(C)C[C@@H](N)C(=O)Nc1cccc(Cl)c1C(=O)O. The van der Waals surface area contributed by atoms with E-state index in [0.29, 0.717) is 6.42 Å². The Balaban J connectivity index is 2.91. The highest BCUT2D eigenvalue weighted by atomic mass is 35.5. The molecular weight excluding hydrogens is 268 g/mol. The van der Waals surface area contributed by atoms with Crippen LogP contribution in [0.5, 0.6) is 0 Å². The molecule has 0 spiro atoms. The van der Waals surface area contributed by atoms with Crippen LogP contribution >= 0.6 is 11.6 Å². The summed E-state index contributed by atoms with van der Waals surface area (Å²) in [5.41, 5.74) is 5.76. The number of halogens is 1. The number of anilines is 1. The van der Waals surface area contributed by atoms with Crippen LogP contribution in [-0.2, 0) is 4.79 Å². The van der Waals surface area contributed by atoms with Crippen molar-refractivity contribution in [2.24, 2.45) is 11.7 Å². The van der Waals surface area contributed by atoms with E-state index in [1.807, 2.05) is 13.8 Å². The highest BCUT2D eigenvalue weighted by molar-refractivity contribution is 6.34. The highest BCUT2D eigenvalue weighted by Gasteiger charge is 2.19. The van der Waals surface area contributed by atoms with Crippen molar-refractivity contribution in [3.63, 3.8) is 0 Å². The number of carbonyl (C=O) groups is 2. The third kappa shape index (κ3) is 4.22. The van der Waals surface area contributed by atoms with Gasteiger partial charge in [-0.05, 0) is 24.5 Å². The molecule has 0 saturated heterocycles. The average molecular weight is 285 g/mol. The fourth-order valence-electron chi connectivity index (χ4n) is 1.69. The number of amides is 1. The summed E-state index contributed by atoms with van der Waals surface area (Å²) in [6.45, 7) is 3.91. The lowest BCUT2D eigenvalue weighted by Gasteiger charge is -2.15. The molecule has 1 aromatic carbocycles. The number of benzene rings is 1. The molecule has 0 aliphatic heterocycles. The minimum atomic E-state index is -1.20. The summed E-state index contributed by atoms with van der Waals surface area (Å²) >= 11 is 5.81. The van der Waals surface area contributed by atoms with Crippen LogP contribution in [0.1, 0.15) is 30.6 Å². The maximum Gasteiger partial charge on any atom is 0.339 e. The van der Waals surface area contributed by atoms with Crippen molar-refractivity contribution in [3.8, 4) is 0 Å². The van der Waals surface area contributed by atoms with Gasteiger partial charge in [-0.25, -0.2) is 4.79 Å². The molecule has 1 rings (SSSR count). The van der Waals surface area contributed by atoms with Crippen molar-refractivity contribution in [3.05, 3.63) is 28.8 Å². The van der Waals surface area contributed by atoms with Crippen LogP contribution in [0.15, 0.2) is 18.2 Å². The first-order valence-corrected chi connectivity index (χ1v) is 6.29. The summed E-state index contributed by atoms with van der Waals surface area (Å²) < 4.78 is 0. The molecule has 0 aromatic heterocycles.